The van der Waals surface area contributed by atoms with Gasteiger partial charge in [0, 0.05) is 24.5 Å². The van der Waals surface area contributed by atoms with Crippen LogP contribution in [0.15, 0.2) is 76.1 Å². The molecular formula is C28H30N4O3. The number of nitrogens with zero attached hydrogens (tertiary/aromatic N) is 3. The topological polar surface area (TPSA) is 80.4 Å². The highest BCUT2D eigenvalue weighted by Gasteiger charge is 2.21. The van der Waals surface area contributed by atoms with E-state index in [1.54, 1.807) is 10.9 Å². The van der Waals surface area contributed by atoms with Crippen LogP contribution in [0, 0.1) is 0 Å². The Morgan fingerprint density at radius 3 is 2.57 bits per heavy atom. The quantitative estimate of drug-likeness (QED) is 0.416. The van der Waals surface area contributed by atoms with Gasteiger partial charge in [0.25, 0.3) is 5.56 Å². The summed E-state index contributed by atoms with van der Waals surface area (Å²) in [4.78, 5) is 26.9. The Morgan fingerprint density at radius 2 is 1.83 bits per heavy atom. The Labute approximate surface area is 204 Å². The molecule has 5 rings (SSSR count). The number of piperidine rings is 1. The van der Waals surface area contributed by atoms with Crippen LogP contribution >= 0.6 is 0 Å². The summed E-state index contributed by atoms with van der Waals surface area (Å²) in [6.07, 6.45) is 4.65. The number of nitrogens with one attached hydrogen (secondary N) is 1. The van der Waals surface area contributed by atoms with Gasteiger partial charge in [-0.2, -0.15) is 5.10 Å². The first-order chi connectivity index (χ1) is 17.1. The molecule has 0 saturated carbocycles. The van der Waals surface area contributed by atoms with Gasteiger partial charge in [-0.05, 0) is 80.7 Å². The predicted molar refractivity (Wildman–Crippen MR) is 137 cm³/mol. The van der Waals surface area contributed by atoms with Gasteiger partial charge in [-0.15, -0.1) is 0 Å². The molecule has 1 saturated heterocycles. The van der Waals surface area contributed by atoms with Crippen LogP contribution in [-0.4, -0.2) is 40.2 Å². The van der Waals surface area contributed by atoms with E-state index < -0.39 is 0 Å². The van der Waals surface area contributed by atoms with Crippen molar-refractivity contribution in [2.45, 2.75) is 38.6 Å². The summed E-state index contributed by atoms with van der Waals surface area (Å²) in [6.45, 7) is 5.07. The average molecular weight is 471 g/mol. The summed E-state index contributed by atoms with van der Waals surface area (Å²) >= 11 is 0. The van der Waals surface area contributed by atoms with Crippen LogP contribution in [-0.2, 0) is 11.3 Å². The molecule has 3 heterocycles. The van der Waals surface area contributed by atoms with Gasteiger partial charge in [-0.3, -0.25) is 9.59 Å². The van der Waals surface area contributed by atoms with Crippen molar-refractivity contribution < 1.29 is 9.21 Å². The Hall–Kier alpha value is -3.71. The minimum absolute atomic E-state index is 0.0479. The Bertz CT molecular complexity index is 1370. The molecule has 0 aliphatic carbocycles. The summed E-state index contributed by atoms with van der Waals surface area (Å²) < 4.78 is 7.17. The lowest BCUT2D eigenvalue weighted by Crippen LogP contribution is -2.34. The van der Waals surface area contributed by atoms with Gasteiger partial charge >= 0.3 is 0 Å². The third kappa shape index (κ3) is 5.20. The number of fused-ring (bicyclic) bond motifs is 1. The molecule has 7 heteroatoms. The monoisotopic (exact) mass is 470 g/mol. The van der Waals surface area contributed by atoms with Crippen LogP contribution in [0.3, 0.4) is 0 Å². The molecule has 180 valence electrons. The van der Waals surface area contributed by atoms with E-state index in [1.807, 2.05) is 48.5 Å². The second-order valence-electron chi connectivity index (χ2n) is 9.18. The van der Waals surface area contributed by atoms with E-state index in [0.717, 1.165) is 50.0 Å². The molecule has 1 aliphatic heterocycles. The van der Waals surface area contributed by atoms with Gasteiger partial charge in [-0.25, -0.2) is 4.68 Å². The third-order valence-electron chi connectivity index (χ3n) is 6.73. The van der Waals surface area contributed by atoms with Crippen molar-refractivity contribution in [3.8, 4) is 11.5 Å². The van der Waals surface area contributed by atoms with Gasteiger partial charge in [0.05, 0.1) is 11.6 Å². The Balaban J connectivity index is 1.21. The Morgan fingerprint density at radius 1 is 1.03 bits per heavy atom. The molecule has 1 aliphatic rings. The van der Waals surface area contributed by atoms with E-state index in [-0.39, 0.29) is 11.5 Å². The van der Waals surface area contributed by atoms with Crippen LogP contribution in [0.2, 0.25) is 0 Å². The van der Waals surface area contributed by atoms with Gasteiger partial charge in [0.15, 0.2) is 5.76 Å². The number of aromatic nitrogens is 2. The molecule has 2 aromatic carbocycles. The van der Waals surface area contributed by atoms with Gasteiger partial charge in [-0.1, -0.05) is 30.3 Å². The van der Waals surface area contributed by atoms with E-state index in [0.29, 0.717) is 29.3 Å². The minimum atomic E-state index is -0.0614. The van der Waals surface area contributed by atoms with Crippen molar-refractivity contribution in [3.63, 3.8) is 0 Å². The lowest BCUT2D eigenvalue weighted by atomic mass is 9.89. The molecule has 0 radical (unpaired) electrons. The molecule has 0 unspecified atom stereocenters. The molecule has 4 aromatic rings. The highest BCUT2D eigenvalue weighted by atomic mass is 16.3. The number of hydrogen-bond donors (Lipinski definition) is 1. The number of likely N-dealkylation sites (tertiary alicyclic amines) is 1. The second kappa shape index (κ2) is 10.3. The zero-order chi connectivity index (χ0) is 24.2. The summed E-state index contributed by atoms with van der Waals surface area (Å²) in [5, 5.41) is 9.02. The standard InChI is InChI=1S/C28H30N4O3/c1-20(33)29-23-8-4-7-22(19-23)21-12-16-31(17-13-21)14-6-15-32-28(34)25-10-3-2-9-24(25)27(30-32)26-11-5-18-35-26/h2-5,7-11,18-19,21H,6,12-17H2,1H3,(H,29,33). The number of amides is 1. The molecular weight excluding hydrogens is 440 g/mol. The maximum Gasteiger partial charge on any atom is 0.274 e. The molecule has 0 bridgehead atoms. The number of rotatable bonds is 7. The summed E-state index contributed by atoms with van der Waals surface area (Å²) in [7, 11) is 0. The number of furan rings is 1. The van der Waals surface area contributed by atoms with Crippen molar-refractivity contribution in [1.29, 1.82) is 0 Å². The molecule has 7 nitrogen and oxygen atoms in total. The maximum atomic E-state index is 13.1. The van der Waals surface area contributed by atoms with E-state index in [2.05, 4.69) is 27.4 Å². The molecule has 0 atom stereocenters. The average Bonchev–Trinajstić information content (AvgIpc) is 3.41. The van der Waals surface area contributed by atoms with Crippen molar-refractivity contribution in [3.05, 3.63) is 82.8 Å². The van der Waals surface area contributed by atoms with E-state index >= 15 is 0 Å². The van der Waals surface area contributed by atoms with Crippen molar-refractivity contribution >= 4 is 22.4 Å². The Kier molecular flexibility index (Phi) is 6.77. The lowest BCUT2D eigenvalue weighted by Gasteiger charge is -2.32. The van der Waals surface area contributed by atoms with E-state index in [4.69, 9.17) is 4.42 Å². The molecule has 1 amide bonds. The fraction of sp³-hybridized carbons (Fsp3) is 0.321. The summed E-state index contributed by atoms with van der Waals surface area (Å²) in [6, 6.07) is 19.5. The first-order valence-corrected chi connectivity index (χ1v) is 12.2. The van der Waals surface area contributed by atoms with Crippen molar-refractivity contribution in [2.75, 3.05) is 25.0 Å². The largest absolute Gasteiger partial charge is 0.463 e. The lowest BCUT2D eigenvalue weighted by molar-refractivity contribution is -0.114. The first kappa shape index (κ1) is 23.1. The van der Waals surface area contributed by atoms with Crippen LogP contribution in [0.4, 0.5) is 5.69 Å². The van der Waals surface area contributed by atoms with E-state index in [1.165, 1.54) is 12.5 Å². The minimum Gasteiger partial charge on any atom is -0.463 e. The van der Waals surface area contributed by atoms with Crippen LogP contribution in [0.5, 0.6) is 0 Å². The van der Waals surface area contributed by atoms with E-state index in [9.17, 15) is 9.59 Å². The smallest absolute Gasteiger partial charge is 0.274 e. The number of carbonyl (C=O) groups is 1. The number of benzene rings is 2. The predicted octanol–water partition coefficient (Wildman–Crippen LogP) is 4.88. The zero-order valence-electron chi connectivity index (χ0n) is 19.9. The molecule has 1 N–H and O–H groups in total. The molecule has 35 heavy (non-hydrogen) atoms. The summed E-state index contributed by atoms with van der Waals surface area (Å²) in [5.74, 6) is 1.12. The number of anilines is 1. The highest BCUT2D eigenvalue weighted by molar-refractivity contribution is 5.92. The SMILES string of the molecule is CC(=O)Nc1cccc(C2CCN(CCCn3nc(-c4ccco4)c4ccccc4c3=O)CC2)c1. The van der Waals surface area contributed by atoms with Crippen LogP contribution < -0.4 is 10.9 Å². The number of carbonyl (C=O) groups excluding carboxylic acids is 1. The highest BCUT2D eigenvalue weighted by Crippen LogP contribution is 2.30. The molecule has 1 fully saturated rings. The summed E-state index contributed by atoms with van der Waals surface area (Å²) in [5.41, 5.74) is 2.79. The zero-order valence-corrected chi connectivity index (χ0v) is 19.9. The van der Waals surface area contributed by atoms with Crippen molar-refractivity contribution in [2.24, 2.45) is 0 Å². The molecule has 2 aromatic heterocycles. The van der Waals surface area contributed by atoms with Gasteiger partial charge < -0.3 is 14.6 Å². The first-order valence-electron chi connectivity index (χ1n) is 12.2. The molecule has 0 spiro atoms. The third-order valence-corrected chi connectivity index (χ3v) is 6.73. The maximum absolute atomic E-state index is 13.1. The fourth-order valence-electron chi connectivity index (χ4n) is 4.99. The second-order valence-corrected chi connectivity index (χ2v) is 9.18. The number of hydrogen-bond acceptors (Lipinski definition) is 5. The normalized spacial score (nSPS) is 14.9. The van der Waals surface area contributed by atoms with Crippen LogP contribution in [0.1, 0.15) is 37.7 Å². The van der Waals surface area contributed by atoms with Gasteiger partial charge in [0.2, 0.25) is 5.91 Å². The number of aryl methyl sites for hydroxylation is 1. The van der Waals surface area contributed by atoms with Gasteiger partial charge in [0.1, 0.15) is 5.69 Å². The van der Waals surface area contributed by atoms with Crippen LogP contribution in [0.25, 0.3) is 22.2 Å². The fourth-order valence-corrected chi connectivity index (χ4v) is 4.99. The van der Waals surface area contributed by atoms with Crippen molar-refractivity contribution in [1.82, 2.24) is 14.7 Å².